The van der Waals surface area contributed by atoms with Crippen LogP contribution in [0.15, 0.2) is 0 Å². The van der Waals surface area contributed by atoms with Crippen molar-refractivity contribution in [3.63, 3.8) is 0 Å². The van der Waals surface area contributed by atoms with Crippen molar-refractivity contribution in [3.05, 3.63) is 0 Å². The molecule has 2 unspecified atom stereocenters. The van der Waals surface area contributed by atoms with Crippen LogP contribution in [0.1, 0.15) is 45.4 Å². The van der Waals surface area contributed by atoms with E-state index in [1.54, 1.807) is 14.0 Å². The Morgan fingerprint density at radius 3 is 2.59 bits per heavy atom. The molecule has 6 nitrogen and oxygen atoms in total. The first-order valence-corrected chi connectivity index (χ1v) is 9.46. The van der Waals surface area contributed by atoms with E-state index in [4.69, 9.17) is 9.47 Å². The zero-order valence-corrected chi connectivity index (χ0v) is 15.9. The number of amides is 2. The minimum Gasteiger partial charge on any atom is -0.378 e. The number of rotatable bonds is 8. The van der Waals surface area contributed by atoms with Crippen molar-refractivity contribution in [2.75, 3.05) is 33.4 Å². The van der Waals surface area contributed by atoms with Crippen LogP contribution in [0.3, 0.4) is 0 Å². The number of morpholine rings is 1. The van der Waals surface area contributed by atoms with Gasteiger partial charge in [-0.05, 0) is 25.7 Å². The van der Waals surface area contributed by atoms with Crippen LogP contribution in [-0.2, 0) is 19.1 Å². The predicted octanol–water partition coefficient (Wildman–Crippen LogP) is 2.27. The van der Waals surface area contributed by atoms with Crippen molar-refractivity contribution < 1.29 is 32.2 Å². The molecule has 2 rings (SSSR count). The number of hydrogen-bond donors (Lipinski definition) is 1. The Kier molecular flexibility index (Phi) is 7.50. The van der Waals surface area contributed by atoms with Crippen LogP contribution in [-0.4, -0.2) is 67.9 Å². The Labute approximate surface area is 157 Å². The molecule has 0 aromatic rings. The predicted molar refractivity (Wildman–Crippen MR) is 92.0 cm³/mol. The van der Waals surface area contributed by atoms with E-state index < -0.39 is 36.1 Å². The Morgan fingerprint density at radius 2 is 2.07 bits per heavy atom. The topological polar surface area (TPSA) is 67.9 Å². The summed E-state index contributed by atoms with van der Waals surface area (Å²) >= 11 is 0. The van der Waals surface area contributed by atoms with E-state index >= 15 is 0 Å². The molecule has 156 valence electrons. The fraction of sp³-hybridized carbons (Fsp3) is 0.889. The molecule has 1 aliphatic carbocycles. The molecule has 1 aliphatic heterocycles. The summed E-state index contributed by atoms with van der Waals surface area (Å²) < 4.78 is 49.0. The second-order valence-corrected chi connectivity index (χ2v) is 7.41. The van der Waals surface area contributed by atoms with Gasteiger partial charge in [-0.2, -0.15) is 13.2 Å². The van der Waals surface area contributed by atoms with E-state index in [1.807, 2.05) is 0 Å². The molecule has 1 saturated carbocycles. The number of carbonyl (C=O) groups excluding carboxylic acids is 2. The van der Waals surface area contributed by atoms with Crippen LogP contribution >= 0.6 is 0 Å². The van der Waals surface area contributed by atoms with Crippen LogP contribution in [0.5, 0.6) is 0 Å². The fourth-order valence-corrected chi connectivity index (χ4v) is 3.65. The summed E-state index contributed by atoms with van der Waals surface area (Å²) in [5.41, 5.74) is -0.400. The van der Waals surface area contributed by atoms with Gasteiger partial charge in [-0.15, -0.1) is 0 Å². The highest BCUT2D eigenvalue weighted by atomic mass is 19.4. The molecular weight excluding hydrogens is 365 g/mol. The second-order valence-electron chi connectivity index (χ2n) is 7.41. The van der Waals surface area contributed by atoms with E-state index in [0.717, 1.165) is 19.3 Å². The highest BCUT2D eigenvalue weighted by Gasteiger charge is 2.40. The molecule has 0 aromatic heterocycles. The summed E-state index contributed by atoms with van der Waals surface area (Å²) in [7, 11) is 1.59. The third kappa shape index (κ3) is 6.07. The molecule has 0 radical (unpaired) electrons. The first-order chi connectivity index (χ1) is 12.7. The maximum Gasteiger partial charge on any atom is 0.389 e. The average Bonchev–Trinajstić information content (AvgIpc) is 2.60. The lowest BCUT2D eigenvalue weighted by Crippen LogP contribution is -2.55. The van der Waals surface area contributed by atoms with Gasteiger partial charge in [0.15, 0.2) is 0 Å². The number of carbonyl (C=O) groups is 2. The van der Waals surface area contributed by atoms with Crippen LogP contribution < -0.4 is 5.32 Å². The minimum absolute atomic E-state index is 0.116. The maximum atomic E-state index is 12.7. The van der Waals surface area contributed by atoms with E-state index in [0.29, 0.717) is 0 Å². The first kappa shape index (κ1) is 21.9. The van der Waals surface area contributed by atoms with E-state index in [2.05, 4.69) is 5.32 Å². The third-order valence-electron chi connectivity index (χ3n) is 5.55. The summed E-state index contributed by atoms with van der Waals surface area (Å²) in [5.74, 6) is -1.81. The lowest BCUT2D eigenvalue weighted by atomic mass is 9.77. The van der Waals surface area contributed by atoms with Gasteiger partial charge in [0, 0.05) is 26.1 Å². The quantitative estimate of drug-likeness (QED) is 0.686. The van der Waals surface area contributed by atoms with Crippen molar-refractivity contribution in [1.82, 2.24) is 10.2 Å². The van der Waals surface area contributed by atoms with Crippen molar-refractivity contribution in [2.45, 2.75) is 63.3 Å². The van der Waals surface area contributed by atoms with Gasteiger partial charge in [0.05, 0.1) is 37.7 Å². The number of methoxy groups -OCH3 is 1. The Morgan fingerprint density at radius 1 is 1.37 bits per heavy atom. The van der Waals surface area contributed by atoms with Crippen LogP contribution in [0.2, 0.25) is 0 Å². The summed E-state index contributed by atoms with van der Waals surface area (Å²) in [6.45, 7) is 2.45. The molecule has 0 spiro atoms. The SMILES string of the molecule is CCC(CC(F)(F)F)C(=O)N1CCOCC1CNC(=O)CC1(OC)CCC1. The van der Waals surface area contributed by atoms with Gasteiger partial charge in [0.1, 0.15) is 0 Å². The number of halogens is 3. The van der Waals surface area contributed by atoms with E-state index in [-0.39, 0.29) is 45.1 Å². The normalized spacial score (nSPS) is 23.4. The highest BCUT2D eigenvalue weighted by molar-refractivity contribution is 5.80. The molecule has 27 heavy (non-hydrogen) atoms. The van der Waals surface area contributed by atoms with E-state index in [1.165, 1.54) is 4.90 Å². The van der Waals surface area contributed by atoms with Crippen molar-refractivity contribution in [2.24, 2.45) is 5.92 Å². The number of alkyl halides is 3. The molecule has 1 N–H and O–H groups in total. The van der Waals surface area contributed by atoms with Gasteiger partial charge in [0.2, 0.25) is 11.8 Å². The lowest BCUT2D eigenvalue weighted by Gasteiger charge is -2.40. The standard InChI is InChI=1S/C18H29F3N2O4/c1-3-13(9-18(19,20)21)16(25)23-7-8-27-12-14(23)11-22-15(24)10-17(26-2)5-4-6-17/h13-14H,3-12H2,1-2H3,(H,22,24). The smallest absolute Gasteiger partial charge is 0.378 e. The van der Waals surface area contributed by atoms with Crippen LogP contribution in [0.4, 0.5) is 13.2 Å². The summed E-state index contributed by atoms with van der Waals surface area (Å²) in [5, 5.41) is 2.79. The van der Waals surface area contributed by atoms with Gasteiger partial charge in [-0.25, -0.2) is 0 Å². The maximum absolute atomic E-state index is 12.7. The van der Waals surface area contributed by atoms with E-state index in [9.17, 15) is 22.8 Å². The van der Waals surface area contributed by atoms with Crippen LogP contribution in [0, 0.1) is 5.92 Å². The molecule has 0 bridgehead atoms. The molecule has 2 atom stereocenters. The summed E-state index contributed by atoms with van der Waals surface area (Å²) in [4.78, 5) is 26.3. The molecule has 1 heterocycles. The molecule has 1 saturated heterocycles. The zero-order valence-electron chi connectivity index (χ0n) is 15.9. The molecule has 2 aliphatic rings. The average molecular weight is 394 g/mol. The monoisotopic (exact) mass is 394 g/mol. The number of nitrogens with zero attached hydrogens (tertiary/aromatic N) is 1. The lowest BCUT2D eigenvalue weighted by molar-refractivity contribution is -0.164. The summed E-state index contributed by atoms with van der Waals surface area (Å²) in [6.07, 6.45) is -2.45. The van der Waals surface area contributed by atoms with Gasteiger partial charge >= 0.3 is 6.18 Å². The first-order valence-electron chi connectivity index (χ1n) is 9.46. The summed E-state index contributed by atoms with van der Waals surface area (Å²) in [6, 6.07) is -0.461. The zero-order chi connectivity index (χ0) is 20.1. The number of nitrogens with one attached hydrogen (secondary N) is 1. The van der Waals surface area contributed by atoms with Gasteiger partial charge in [-0.3, -0.25) is 9.59 Å². The van der Waals surface area contributed by atoms with Gasteiger partial charge in [0.25, 0.3) is 0 Å². The number of hydrogen-bond acceptors (Lipinski definition) is 4. The molecule has 2 amide bonds. The number of ether oxygens (including phenoxy) is 2. The Balaban J connectivity index is 1.91. The fourth-order valence-electron chi connectivity index (χ4n) is 3.65. The van der Waals surface area contributed by atoms with Crippen molar-refractivity contribution >= 4 is 11.8 Å². The van der Waals surface area contributed by atoms with Crippen molar-refractivity contribution in [1.29, 1.82) is 0 Å². The molecule has 0 aromatic carbocycles. The Bertz CT molecular complexity index is 518. The molecular formula is C18H29F3N2O4. The van der Waals surface area contributed by atoms with Gasteiger partial charge < -0.3 is 19.7 Å². The Hall–Kier alpha value is -1.35. The minimum atomic E-state index is -4.39. The highest BCUT2D eigenvalue weighted by Crippen LogP contribution is 2.37. The van der Waals surface area contributed by atoms with Gasteiger partial charge in [-0.1, -0.05) is 6.92 Å². The largest absolute Gasteiger partial charge is 0.389 e. The van der Waals surface area contributed by atoms with Crippen molar-refractivity contribution in [3.8, 4) is 0 Å². The second kappa shape index (κ2) is 9.23. The molecule has 2 fully saturated rings. The van der Waals surface area contributed by atoms with Crippen LogP contribution in [0.25, 0.3) is 0 Å². The molecule has 9 heteroatoms. The third-order valence-corrected chi connectivity index (χ3v) is 5.55.